The normalized spacial score (nSPS) is 16.7. The van der Waals surface area contributed by atoms with Gasteiger partial charge in [-0.3, -0.25) is 4.90 Å². The number of hydrogen-bond donors (Lipinski definition) is 1. The van der Waals surface area contributed by atoms with Crippen molar-refractivity contribution < 1.29 is 13.2 Å². The molecule has 0 aliphatic carbocycles. The van der Waals surface area contributed by atoms with Gasteiger partial charge in [0.15, 0.2) is 0 Å². The number of halogens is 6. The summed E-state index contributed by atoms with van der Waals surface area (Å²) in [6, 6.07) is 3.78. The van der Waals surface area contributed by atoms with Crippen molar-refractivity contribution in [2.45, 2.75) is 25.6 Å². The van der Waals surface area contributed by atoms with Gasteiger partial charge in [-0.2, -0.15) is 13.2 Å². The molecule has 1 aliphatic rings. The molecule has 0 aromatic heterocycles. The average Bonchev–Trinajstić information content (AvgIpc) is 2.45. The van der Waals surface area contributed by atoms with Gasteiger partial charge in [0.25, 0.3) is 0 Å². The van der Waals surface area contributed by atoms with Gasteiger partial charge in [-0.05, 0) is 37.1 Å². The van der Waals surface area contributed by atoms with Crippen molar-refractivity contribution in [3.8, 4) is 0 Å². The molecule has 2 nitrogen and oxygen atoms in total. The van der Waals surface area contributed by atoms with Crippen molar-refractivity contribution in [2.75, 3.05) is 26.2 Å². The molecule has 1 N–H and O–H groups in total. The SMILES string of the molecule is C=C(C)C[C@H](c1cc(C(F)(F)F)ccc1Br)N1CCNCC1.Cl.Cl. The molecule has 0 unspecified atom stereocenters. The molecule has 1 fully saturated rings. The van der Waals surface area contributed by atoms with Crippen LogP contribution < -0.4 is 5.32 Å². The molecule has 1 saturated heterocycles. The van der Waals surface area contributed by atoms with Crippen LogP contribution in [0.15, 0.2) is 34.8 Å². The minimum atomic E-state index is -4.33. The largest absolute Gasteiger partial charge is 0.416 e. The van der Waals surface area contributed by atoms with Crippen LogP contribution in [0.1, 0.15) is 30.5 Å². The fourth-order valence-electron chi connectivity index (χ4n) is 2.74. The molecule has 1 aliphatic heterocycles. The molecule has 138 valence electrons. The molecule has 0 spiro atoms. The summed E-state index contributed by atoms with van der Waals surface area (Å²) in [5, 5.41) is 3.27. The van der Waals surface area contributed by atoms with Crippen LogP contribution in [-0.4, -0.2) is 31.1 Å². The first-order valence-corrected chi connectivity index (χ1v) is 8.04. The molecule has 24 heavy (non-hydrogen) atoms. The number of nitrogens with zero attached hydrogens (tertiary/aromatic N) is 1. The maximum absolute atomic E-state index is 13.0. The quantitative estimate of drug-likeness (QED) is 0.633. The van der Waals surface area contributed by atoms with Gasteiger partial charge < -0.3 is 5.32 Å². The van der Waals surface area contributed by atoms with Crippen molar-refractivity contribution in [2.24, 2.45) is 0 Å². The summed E-state index contributed by atoms with van der Waals surface area (Å²) >= 11 is 3.42. The predicted molar refractivity (Wildman–Crippen MR) is 100 cm³/mol. The van der Waals surface area contributed by atoms with E-state index in [1.54, 1.807) is 0 Å². The lowest BCUT2D eigenvalue weighted by Crippen LogP contribution is -2.45. The number of nitrogens with one attached hydrogen (secondary N) is 1. The predicted octanol–water partition coefficient (Wildman–Crippen LogP) is 5.22. The van der Waals surface area contributed by atoms with Gasteiger partial charge >= 0.3 is 6.18 Å². The van der Waals surface area contributed by atoms with Crippen LogP contribution in [0, 0.1) is 0 Å². The van der Waals surface area contributed by atoms with Crippen LogP contribution in [0.25, 0.3) is 0 Å². The summed E-state index contributed by atoms with van der Waals surface area (Å²) in [5.41, 5.74) is 1.04. The Hall–Kier alpha value is -0.270. The zero-order chi connectivity index (χ0) is 16.3. The minimum absolute atomic E-state index is 0. The van der Waals surface area contributed by atoms with Crippen LogP contribution in [0.3, 0.4) is 0 Å². The summed E-state index contributed by atoms with van der Waals surface area (Å²) in [6.07, 6.45) is -3.67. The molecular formula is C16H22BrCl2F3N2. The van der Waals surface area contributed by atoms with E-state index in [1.807, 2.05) is 6.92 Å². The first-order chi connectivity index (χ1) is 10.3. The van der Waals surface area contributed by atoms with Gasteiger partial charge in [0.1, 0.15) is 0 Å². The standard InChI is InChI=1S/C16H20BrF3N2.2ClH/c1-11(2)9-15(22-7-5-21-6-8-22)13-10-12(16(18,19)20)3-4-14(13)17;;/h3-4,10,15,21H,1,5-9H2,2H3;2*1H/t15-;;/m1../s1. The monoisotopic (exact) mass is 448 g/mol. The number of rotatable bonds is 4. The van der Waals surface area contributed by atoms with Crippen LogP contribution in [0.4, 0.5) is 13.2 Å². The Balaban J connectivity index is 0.00000264. The van der Waals surface area contributed by atoms with Gasteiger partial charge in [-0.1, -0.05) is 21.5 Å². The first-order valence-electron chi connectivity index (χ1n) is 7.25. The van der Waals surface area contributed by atoms with Gasteiger partial charge in [0.2, 0.25) is 0 Å². The van der Waals surface area contributed by atoms with E-state index >= 15 is 0 Å². The Labute approximate surface area is 161 Å². The van der Waals surface area contributed by atoms with E-state index in [2.05, 4.69) is 32.7 Å². The molecule has 1 aromatic carbocycles. The second kappa shape index (κ2) is 10.0. The van der Waals surface area contributed by atoms with E-state index in [0.717, 1.165) is 37.8 Å². The highest BCUT2D eigenvalue weighted by Gasteiger charge is 2.32. The number of piperazine rings is 1. The van der Waals surface area contributed by atoms with Crippen molar-refractivity contribution in [1.82, 2.24) is 10.2 Å². The smallest absolute Gasteiger partial charge is 0.314 e. The zero-order valence-electron chi connectivity index (χ0n) is 13.3. The van der Waals surface area contributed by atoms with E-state index in [4.69, 9.17) is 0 Å². The summed E-state index contributed by atoms with van der Waals surface area (Å²) in [5.74, 6) is 0. The molecule has 1 atom stereocenters. The Morgan fingerprint density at radius 2 is 1.88 bits per heavy atom. The fourth-order valence-corrected chi connectivity index (χ4v) is 3.25. The third kappa shape index (κ3) is 6.23. The third-order valence-electron chi connectivity index (χ3n) is 3.82. The number of benzene rings is 1. The lowest BCUT2D eigenvalue weighted by atomic mass is 9.96. The Bertz CT molecular complexity index is 547. The maximum Gasteiger partial charge on any atom is 0.416 e. The molecule has 2 rings (SSSR count). The van der Waals surface area contributed by atoms with Crippen molar-refractivity contribution in [1.29, 1.82) is 0 Å². The van der Waals surface area contributed by atoms with Crippen molar-refractivity contribution in [3.05, 3.63) is 46.0 Å². The number of hydrogen-bond acceptors (Lipinski definition) is 2. The summed E-state index contributed by atoms with van der Waals surface area (Å²) < 4.78 is 39.7. The van der Waals surface area contributed by atoms with Crippen LogP contribution in [0.2, 0.25) is 0 Å². The average molecular weight is 450 g/mol. The lowest BCUT2D eigenvalue weighted by Gasteiger charge is -2.36. The second-order valence-electron chi connectivity index (χ2n) is 5.70. The van der Waals surface area contributed by atoms with E-state index in [1.165, 1.54) is 12.1 Å². The van der Waals surface area contributed by atoms with E-state index in [9.17, 15) is 13.2 Å². The molecule has 1 aromatic rings. The molecule has 0 radical (unpaired) electrons. The summed E-state index contributed by atoms with van der Waals surface area (Å²) in [7, 11) is 0. The summed E-state index contributed by atoms with van der Waals surface area (Å²) in [4.78, 5) is 2.23. The highest BCUT2D eigenvalue weighted by atomic mass is 79.9. The Morgan fingerprint density at radius 1 is 1.29 bits per heavy atom. The third-order valence-corrected chi connectivity index (χ3v) is 4.54. The summed E-state index contributed by atoms with van der Waals surface area (Å²) in [6.45, 7) is 9.19. The fraction of sp³-hybridized carbons (Fsp3) is 0.500. The van der Waals surface area contributed by atoms with Gasteiger partial charge in [-0.15, -0.1) is 31.4 Å². The topological polar surface area (TPSA) is 15.3 Å². The molecular weight excluding hydrogens is 428 g/mol. The second-order valence-corrected chi connectivity index (χ2v) is 6.55. The van der Waals surface area contributed by atoms with E-state index < -0.39 is 11.7 Å². The number of alkyl halides is 3. The first kappa shape index (κ1) is 23.7. The van der Waals surface area contributed by atoms with E-state index in [0.29, 0.717) is 16.5 Å². The Morgan fingerprint density at radius 3 is 2.38 bits per heavy atom. The van der Waals surface area contributed by atoms with Crippen molar-refractivity contribution >= 4 is 40.7 Å². The highest BCUT2D eigenvalue weighted by molar-refractivity contribution is 9.10. The molecule has 1 heterocycles. The molecule has 8 heteroatoms. The maximum atomic E-state index is 13.0. The van der Waals surface area contributed by atoms with E-state index in [-0.39, 0.29) is 30.9 Å². The molecule has 0 saturated carbocycles. The zero-order valence-corrected chi connectivity index (χ0v) is 16.5. The van der Waals surface area contributed by atoms with Crippen molar-refractivity contribution in [3.63, 3.8) is 0 Å². The van der Waals surface area contributed by atoms with Crippen LogP contribution >= 0.6 is 40.7 Å². The van der Waals surface area contributed by atoms with Gasteiger partial charge in [0.05, 0.1) is 5.56 Å². The molecule has 0 amide bonds. The van der Waals surface area contributed by atoms with Crippen LogP contribution in [-0.2, 0) is 6.18 Å². The van der Waals surface area contributed by atoms with Gasteiger partial charge in [-0.25, -0.2) is 0 Å². The van der Waals surface area contributed by atoms with Crippen LogP contribution in [0.5, 0.6) is 0 Å². The van der Waals surface area contributed by atoms with Gasteiger partial charge in [0, 0.05) is 36.7 Å². The highest BCUT2D eigenvalue weighted by Crippen LogP contribution is 2.37. The lowest BCUT2D eigenvalue weighted by molar-refractivity contribution is -0.137. The molecule has 0 bridgehead atoms. The minimum Gasteiger partial charge on any atom is -0.314 e. The Kier molecular flexibility index (Phi) is 9.91.